The highest BCUT2D eigenvalue weighted by Gasteiger charge is 2.19. The van der Waals surface area contributed by atoms with Crippen LogP contribution in [-0.2, 0) is 17.8 Å². The molecule has 1 amide bonds. The van der Waals surface area contributed by atoms with Gasteiger partial charge >= 0.3 is 0 Å². The van der Waals surface area contributed by atoms with E-state index in [-0.39, 0.29) is 5.91 Å². The fourth-order valence-corrected chi connectivity index (χ4v) is 3.56. The molecule has 0 aliphatic carbocycles. The fraction of sp³-hybridized carbons (Fsp3) is 0.391. The van der Waals surface area contributed by atoms with E-state index >= 15 is 0 Å². The van der Waals surface area contributed by atoms with Crippen LogP contribution in [0.4, 0.5) is 0 Å². The number of carbonyl (C=O) groups is 1. The van der Waals surface area contributed by atoms with Crippen molar-refractivity contribution in [2.24, 2.45) is 0 Å². The van der Waals surface area contributed by atoms with Crippen LogP contribution in [0.5, 0.6) is 0 Å². The average molecular weight is 361 g/mol. The molecule has 1 saturated heterocycles. The Balaban J connectivity index is 1.49. The third kappa shape index (κ3) is 5.42. The zero-order valence-electron chi connectivity index (χ0n) is 16.0. The third-order valence-corrected chi connectivity index (χ3v) is 5.31. The molecule has 4 nitrogen and oxygen atoms in total. The van der Waals surface area contributed by atoms with E-state index in [0.717, 1.165) is 51.1 Å². The summed E-state index contributed by atoms with van der Waals surface area (Å²) in [6, 6.07) is 18.2. The van der Waals surface area contributed by atoms with Crippen LogP contribution < -0.4 is 0 Å². The Morgan fingerprint density at radius 1 is 1.04 bits per heavy atom. The van der Waals surface area contributed by atoms with E-state index in [0.29, 0.717) is 12.0 Å². The molecule has 27 heavy (non-hydrogen) atoms. The Hall–Kier alpha value is -2.64. The van der Waals surface area contributed by atoms with Gasteiger partial charge in [-0.1, -0.05) is 36.4 Å². The van der Waals surface area contributed by atoms with Crippen molar-refractivity contribution in [2.75, 3.05) is 26.2 Å². The summed E-state index contributed by atoms with van der Waals surface area (Å²) in [5.74, 6) is 0.233. The standard InChI is InChI=1S/C23H27N3O/c1-19-5-2-3-6-22(19)18-25-13-4-14-26(16-15-25)23(27)12-11-20-7-9-21(17-24)10-8-20/h2-3,5-10H,4,11-16,18H2,1H3. The fourth-order valence-electron chi connectivity index (χ4n) is 3.56. The van der Waals surface area contributed by atoms with E-state index in [4.69, 9.17) is 5.26 Å². The van der Waals surface area contributed by atoms with Gasteiger partial charge in [0, 0.05) is 39.1 Å². The molecule has 2 aromatic rings. The van der Waals surface area contributed by atoms with Crippen LogP contribution in [0.3, 0.4) is 0 Å². The molecule has 0 spiro atoms. The summed E-state index contributed by atoms with van der Waals surface area (Å²) in [5, 5.41) is 8.86. The lowest BCUT2D eigenvalue weighted by atomic mass is 10.1. The molecule has 2 aromatic carbocycles. The van der Waals surface area contributed by atoms with Crippen molar-refractivity contribution in [3.8, 4) is 6.07 Å². The van der Waals surface area contributed by atoms with Gasteiger partial charge in [0.1, 0.15) is 0 Å². The molecule has 0 atom stereocenters. The summed E-state index contributed by atoms with van der Waals surface area (Å²) < 4.78 is 0. The normalized spacial score (nSPS) is 15.2. The van der Waals surface area contributed by atoms with Gasteiger partial charge in [0.2, 0.25) is 5.91 Å². The maximum Gasteiger partial charge on any atom is 0.222 e. The topological polar surface area (TPSA) is 47.3 Å². The monoisotopic (exact) mass is 361 g/mol. The first kappa shape index (κ1) is 19.1. The molecule has 1 fully saturated rings. The zero-order valence-corrected chi connectivity index (χ0v) is 16.0. The maximum atomic E-state index is 12.6. The van der Waals surface area contributed by atoms with Gasteiger partial charge in [-0.05, 0) is 48.6 Å². The molecule has 1 aliphatic heterocycles. The van der Waals surface area contributed by atoms with E-state index in [9.17, 15) is 4.79 Å². The highest BCUT2D eigenvalue weighted by molar-refractivity contribution is 5.76. The summed E-state index contributed by atoms with van der Waals surface area (Å²) >= 11 is 0. The Morgan fingerprint density at radius 2 is 1.81 bits per heavy atom. The highest BCUT2D eigenvalue weighted by atomic mass is 16.2. The van der Waals surface area contributed by atoms with Crippen LogP contribution in [0.1, 0.15) is 35.1 Å². The number of nitriles is 1. The number of hydrogen-bond acceptors (Lipinski definition) is 3. The molecule has 0 saturated carbocycles. The van der Waals surface area contributed by atoms with Gasteiger partial charge in [-0.3, -0.25) is 9.69 Å². The Bertz CT molecular complexity index is 807. The SMILES string of the molecule is Cc1ccccc1CN1CCCN(C(=O)CCc2ccc(C#N)cc2)CC1. The molecule has 1 aliphatic rings. The minimum atomic E-state index is 0.233. The second kappa shape index (κ2) is 9.34. The van der Waals surface area contributed by atoms with Crippen LogP contribution >= 0.6 is 0 Å². The number of hydrogen-bond donors (Lipinski definition) is 0. The molecule has 0 N–H and O–H groups in total. The van der Waals surface area contributed by atoms with Gasteiger partial charge < -0.3 is 4.90 Å². The Labute approximate surface area is 162 Å². The highest BCUT2D eigenvalue weighted by Crippen LogP contribution is 2.14. The smallest absolute Gasteiger partial charge is 0.222 e. The lowest BCUT2D eigenvalue weighted by Crippen LogP contribution is -2.35. The van der Waals surface area contributed by atoms with Gasteiger partial charge in [0.25, 0.3) is 0 Å². The molecule has 0 radical (unpaired) electrons. The quantitative estimate of drug-likeness (QED) is 0.818. The average Bonchev–Trinajstić information content (AvgIpc) is 2.94. The zero-order chi connectivity index (χ0) is 19.1. The van der Waals surface area contributed by atoms with E-state index in [1.54, 1.807) is 0 Å². The van der Waals surface area contributed by atoms with E-state index < -0.39 is 0 Å². The first-order valence-corrected chi connectivity index (χ1v) is 9.69. The molecule has 3 rings (SSSR count). The second-order valence-corrected chi connectivity index (χ2v) is 7.25. The van der Waals surface area contributed by atoms with E-state index in [1.807, 2.05) is 29.2 Å². The molecule has 140 valence electrons. The van der Waals surface area contributed by atoms with Gasteiger partial charge in [0.15, 0.2) is 0 Å². The molecule has 0 aromatic heterocycles. The number of benzene rings is 2. The van der Waals surface area contributed by atoms with Crippen LogP contribution in [0.15, 0.2) is 48.5 Å². The number of rotatable bonds is 5. The number of aryl methyl sites for hydroxylation is 2. The Kier molecular flexibility index (Phi) is 6.62. The number of nitrogens with zero attached hydrogens (tertiary/aromatic N) is 3. The predicted molar refractivity (Wildman–Crippen MR) is 107 cm³/mol. The Morgan fingerprint density at radius 3 is 2.56 bits per heavy atom. The maximum absolute atomic E-state index is 12.6. The predicted octanol–water partition coefficient (Wildman–Crippen LogP) is 3.53. The van der Waals surface area contributed by atoms with Crippen LogP contribution in [-0.4, -0.2) is 41.9 Å². The first-order valence-electron chi connectivity index (χ1n) is 9.69. The number of carbonyl (C=O) groups excluding carboxylic acids is 1. The van der Waals surface area contributed by atoms with Crippen LogP contribution in [0.2, 0.25) is 0 Å². The molecular formula is C23H27N3O. The van der Waals surface area contributed by atoms with Crippen molar-refractivity contribution in [1.29, 1.82) is 5.26 Å². The second-order valence-electron chi connectivity index (χ2n) is 7.25. The van der Waals surface area contributed by atoms with Crippen molar-refractivity contribution in [3.05, 3.63) is 70.8 Å². The first-order chi connectivity index (χ1) is 13.2. The van der Waals surface area contributed by atoms with Gasteiger partial charge in [-0.2, -0.15) is 5.26 Å². The lowest BCUT2D eigenvalue weighted by molar-refractivity contribution is -0.131. The summed E-state index contributed by atoms with van der Waals surface area (Å²) in [7, 11) is 0. The largest absolute Gasteiger partial charge is 0.341 e. The molecular weight excluding hydrogens is 334 g/mol. The van der Waals surface area contributed by atoms with Crippen molar-refractivity contribution >= 4 is 5.91 Å². The van der Waals surface area contributed by atoms with Crippen LogP contribution in [0, 0.1) is 18.3 Å². The van der Waals surface area contributed by atoms with Crippen molar-refractivity contribution in [3.63, 3.8) is 0 Å². The van der Waals surface area contributed by atoms with Gasteiger partial charge in [0.05, 0.1) is 11.6 Å². The van der Waals surface area contributed by atoms with Crippen molar-refractivity contribution in [1.82, 2.24) is 9.80 Å². The molecule has 0 bridgehead atoms. The van der Waals surface area contributed by atoms with E-state index in [2.05, 4.69) is 42.2 Å². The van der Waals surface area contributed by atoms with E-state index in [1.165, 1.54) is 11.1 Å². The van der Waals surface area contributed by atoms with Crippen molar-refractivity contribution in [2.45, 2.75) is 32.7 Å². The van der Waals surface area contributed by atoms with Crippen LogP contribution in [0.25, 0.3) is 0 Å². The minimum absolute atomic E-state index is 0.233. The van der Waals surface area contributed by atoms with Crippen molar-refractivity contribution < 1.29 is 4.79 Å². The summed E-state index contributed by atoms with van der Waals surface area (Å²) in [4.78, 5) is 17.1. The molecule has 0 unspecified atom stereocenters. The summed E-state index contributed by atoms with van der Waals surface area (Å²) in [5.41, 5.74) is 4.47. The van der Waals surface area contributed by atoms with Gasteiger partial charge in [-0.15, -0.1) is 0 Å². The van der Waals surface area contributed by atoms with Gasteiger partial charge in [-0.25, -0.2) is 0 Å². The minimum Gasteiger partial charge on any atom is -0.341 e. The summed E-state index contributed by atoms with van der Waals surface area (Å²) in [6.45, 7) is 6.73. The lowest BCUT2D eigenvalue weighted by Gasteiger charge is -2.22. The molecule has 1 heterocycles. The summed E-state index contributed by atoms with van der Waals surface area (Å²) in [6.07, 6.45) is 2.28. The third-order valence-electron chi connectivity index (χ3n) is 5.31. The number of amides is 1. The molecule has 4 heteroatoms.